The molecule has 1 aromatic carbocycles. The maximum atomic E-state index is 13.2. The van der Waals surface area contributed by atoms with Gasteiger partial charge < -0.3 is 5.32 Å². The molecule has 14 heavy (non-hydrogen) atoms. The molecule has 0 bridgehead atoms. The van der Waals surface area contributed by atoms with Gasteiger partial charge in [-0.05, 0) is 13.0 Å². The molecule has 1 aromatic rings. The molecule has 3 heteroatoms. The fourth-order valence-corrected chi connectivity index (χ4v) is 1.25. The van der Waals surface area contributed by atoms with Gasteiger partial charge in [0.1, 0.15) is 5.82 Å². The van der Waals surface area contributed by atoms with Crippen molar-refractivity contribution in [1.82, 2.24) is 5.32 Å². The zero-order valence-corrected chi connectivity index (χ0v) is 8.38. The van der Waals surface area contributed by atoms with Crippen molar-refractivity contribution >= 4 is 5.91 Å². The van der Waals surface area contributed by atoms with Crippen molar-refractivity contribution in [2.24, 2.45) is 0 Å². The number of halogens is 1. The molecule has 0 aromatic heterocycles. The maximum absolute atomic E-state index is 13.2. The highest BCUT2D eigenvalue weighted by molar-refractivity contribution is 5.75. The lowest BCUT2D eigenvalue weighted by Crippen LogP contribution is -2.26. The zero-order valence-electron chi connectivity index (χ0n) is 8.38. The van der Waals surface area contributed by atoms with Gasteiger partial charge in [-0.3, -0.25) is 4.79 Å². The number of carbonyl (C=O) groups is 1. The summed E-state index contributed by atoms with van der Waals surface area (Å²) < 4.78 is 13.2. The molecule has 0 saturated heterocycles. The van der Waals surface area contributed by atoms with Crippen molar-refractivity contribution in [2.75, 3.05) is 0 Å². The lowest BCUT2D eigenvalue weighted by Gasteiger charge is -2.14. The predicted molar refractivity (Wildman–Crippen MR) is 53.2 cm³/mol. The summed E-state index contributed by atoms with van der Waals surface area (Å²) >= 11 is 0. The Labute approximate surface area is 83.1 Å². The van der Waals surface area contributed by atoms with Crippen molar-refractivity contribution in [3.63, 3.8) is 0 Å². The first-order valence-electron chi connectivity index (χ1n) is 4.69. The Kier molecular flexibility index (Phi) is 3.63. The van der Waals surface area contributed by atoms with Gasteiger partial charge in [0.15, 0.2) is 0 Å². The Bertz CT molecular complexity index is 325. The molecule has 0 aliphatic heterocycles. The number of nitrogens with one attached hydrogen (secondary N) is 1. The summed E-state index contributed by atoms with van der Waals surface area (Å²) in [5.74, 6) is -0.350. The van der Waals surface area contributed by atoms with Crippen molar-refractivity contribution in [2.45, 2.75) is 26.3 Å². The van der Waals surface area contributed by atoms with Gasteiger partial charge in [-0.1, -0.05) is 25.1 Å². The van der Waals surface area contributed by atoms with Gasteiger partial charge in [0.05, 0.1) is 6.04 Å². The van der Waals surface area contributed by atoms with Crippen LogP contribution in [0.2, 0.25) is 0 Å². The van der Waals surface area contributed by atoms with Crippen LogP contribution in [0.5, 0.6) is 0 Å². The second-order valence-corrected chi connectivity index (χ2v) is 3.16. The molecule has 2 nitrogen and oxygen atoms in total. The maximum Gasteiger partial charge on any atom is 0.220 e. The van der Waals surface area contributed by atoms with E-state index in [0.717, 1.165) is 0 Å². The number of carbonyl (C=O) groups excluding carboxylic acids is 1. The first kappa shape index (κ1) is 10.7. The second-order valence-electron chi connectivity index (χ2n) is 3.16. The summed E-state index contributed by atoms with van der Waals surface area (Å²) in [4.78, 5) is 11.1. The van der Waals surface area contributed by atoms with Gasteiger partial charge >= 0.3 is 0 Å². The quantitative estimate of drug-likeness (QED) is 0.788. The van der Waals surface area contributed by atoms with Gasteiger partial charge in [-0.25, -0.2) is 4.39 Å². The van der Waals surface area contributed by atoms with E-state index in [9.17, 15) is 9.18 Å². The number of hydrogen-bond acceptors (Lipinski definition) is 1. The van der Waals surface area contributed by atoms with E-state index in [4.69, 9.17) is 0 Å². The van der Waals surface area contributed by atoms with Crippen LogP contribution in [0.25, 0.3) is 0 Å². The van der Waals surface area contributed by atoms with Gasteiger partial charge in [-0.15, -0.1) is 0 Å². The molecule has 0 spiro atoms. The van der Waals surface area contributed by atoms with Crippen LogP contribution in [0, 0.1) is 5.82 Å². The first-order chi connectivity index (χ1) is 6.65. The molecule has 0 radical (unpaired) electrons. The molecular formula is C11H14FNO. The minimum absolute atomic E-state index is 0.0687. The van der Waals surface area contributed by atoms with Crippen molar-refractivity contribution in [3.05, 3.63) is 35.6 Å². The van der Waals surface area contributed by atoms with E-state index in [1.54, 1.807) is 32.0 Å². The molecule has 0 saturated carbocycles. The minimum atomic E-state index is -0.281. The van der Waals surface area contributed by atoms with Gasteiger partial charge in [0.2, 0.25) is 5.91 Å². The van der Waals surface area contributed by atoms with E-state index in [0.29, 0.717) is 12.0 Å². The lowest BCUT2D eigenvalue weighted by atomic mass is 10.1. The van der Waals surface area contributed by atoms with Crippen molar-refractivity contribution < 1.29 is 9.18 Å². The molecular weight excluding hydrogens is 181 g/mol. The smallest absolute Gasteiger partial charge is 0.220 e. The highest BCUT2D eigenvalue weighted by Gasteiger charge is 2.11. The van der Waals surface area contributed by atoms with Crippen molar-refractivity contribution in [1.29, 1.82) is 0 Å². The van der Waals surface area contributed by atoms with Gasteiger partial charge in [0.25, 0.3) is 0 Å². The molecule has 1 atom stereocenters. The molecule has 0 aliphatic carbocycles. The molecule has 76 valence electrons. The molecule has 0 heterocycles. The summed E-state index contributed by atoms with van der Waals surface area (Å²) in [5, 5.41) is 2.71. The average molecular weight is 195 g/mol. The average Bonchev–Trinajstić information content (AvgIpc) is 2.18. The van der Waals surface area contributed by atoms with E-state index >= 15 is 0 Å². The fourth-order valence-electron chi connectivity index (χ4n) is 1.25. The van der Waals surface area contributed by atoms with Crippen LogP contribution in [-0.4, -0.2) is 5.91 Å². The third-order valence-electron chi connectivity index (χ3n) is 2.07. The third kappa shape index (κ3) is 2.55. The topological polar surface area (TPSA) is 29.1 Å². The molecule has 0 unspecified atom stereocenters. The summed E-state index contributed by atoms with van der Waals surface area (Å²) in [7, 11) is 0. The van der Waals surface area contributed by atoms with E-state index in [-0.39, 0.29) is 17.8 Å². The van der Waals surface area contributed by atoms with Crippen LogP contribution in [0.15, 0.2) is 24.3 Å². The van der Waals surface area contributed by atoms with Gasteiger partial charge in [-0.2, -0.15) is 0 Å². The van der Waals surface area contributed by atoms with Gasteiger partial charge in [0, 0.05) is 12.0 Å². The number of hydrogen-bond donors (Lipinski definition) is 1. The number of amides is 1. The van der Waals surface area contributed by atoms with Crippen LogP contribution < -0.4 is 5.32 Å². The number of rotatable bonds is 3. The van der Waals surface area contributed by atoms with E-state index in [1.807, 2.05) is 0 Å². The van der Waals surface area contributed by atoms with Crippen LogP contribution in [0.4, 0.5) is 4.39 Å². The predicted octanol–water partition coefficient (Wildman–Crippen LogP) is 2.41. The van der Waals surface area contributed by atoms with Crippen LogP contribution in [0.1, 0.15) is 31.9 Å². The summed E-state index contributed by atoms with van der Waals surface area (Å²) in [6.45, 7) is 3.54. The summed E-state index contributed by atoms with van der Waals surface area (Å²) in [5.41, 5.74) is 0.523. The number of benzene rings is 1. The molecule has 1 amide bonds. The lowest BCUT2D eigenvalue weighted by molar-refractivity contribution is -0.121. The highest BCUT2D eigenvalue weighted by atomic mass is 19.1. The summed E-state index contributed by atoms with van der Waals surface area (Å²) in [6.07, 6.45) is 0.415. The fraction of sp³-hybridized carbons (Fsp3) is 0.364. The zero-order chi connectivity index (χ0) is 10.6. The molecule has 1 rings (SSSR count). The highest BCUT2D eigenvalue weighted by Crippen LogP contribution is 2.15. The Morgan fingerprint density at radius 2 is 2.14 bits per heavy atom. The van der Waals surface area contributed by atoms with Crippen molar-refractivity contribution in [3.8, 4) is 0 Å². The van der Waals surface area contributed by atoms with Crippen LogP contribution in [-0.2, 0) is 4.79 Å². The first-order valence-corrected chi connectivity index (χ1v) is 4.69. The molecule has 0 aliphatic rings. The molecule has 0 fully saturated rings. The van der Waals surface area contributed by atoms with Crippen LogP contribution >= 0.6 is 0 Å². The standard InChI is InChI=1S/C11H14FNO/c1-3-11(14)13-8(2)9-6-4-5-7-10(9)12/h4-8H,3H2,1-2H3,(H,13,14)/t8-/m1/s1. The van der Waals surface area contributed by atoms with Crippen LogP contribution in [0.3, 0.4) is 0 Å². The Hall–Kier alpha value is -1.38. The van der Waals surface area contributed by atoms with E-state index in [1.165, 1.54) is 6.07 Å². The minimum Gasteiger partial charge on any atom is -0.349 e. The third-order valence-corrected chi connectivity index (χ3v) is 2.07. The Morgan fingerprint density at radius 1 is 1.50 bits per heavy atom. The summed E-state index contributed by atoms with van der Waals surface area (Å²) in [6, 6.07) is 6.18. The molecule has 1 N–H and O–H groups in total. The monoisotopic (exact) mass is 195 g/mol. The van der Waals surface area contributed by atoms with E-state index in [2.05, 4.69) is 5.32 Å². The Morgan fingerprint density at radius 3 is 2.71 bits per heavy atom. The SMILES string of the molecule is CCC(=O)N[C@H](C)c1ccccc1F. The Balaban J connectivity index is 2.74. The second kappa shape index (κ2) is 4.74. The normalized spacial score (nSPS) is 12.2. The largest absolute Gasteiger partial charge is 0.349 e. The van der Waals surface area contributed by atoms with E-state index < -0.39 is 0 Å².